The Hall–Kier alpha value is -15.0. The fraction of sp³-hybridized carbons (Fsp3) is 0.0185. The molecule has 4 aliphatic rings. The molecule has 23 rings (SSSR count). The van der Waals surface area contributed by atoms with Gasteiger partial charge in [-0.25, -0.2) is 19.9 Å². The maximum Gasteiger partial charge on any atom is 0.160 e. The summed E-state index contributed by atoms with van der Waals surface area (Å²) in [5.74, 6) is 4.62. The van der Waals surface area contributed by atoms with Crippen molar-refractivity contribution in [3.63, 3.8) is 0 Å². The normalized spacial score (nSPS) is 13.2. The summed E-state index contributed by atoms with van der Waals surface area (Å²) in [7, 11) is 0. The van der Waals surface area contributed by atoms with Gasteiger partial charge in [-0.05, 0) is 147 Å². The number of aromatic nitrogens is 4. The van der Waals surface area contributed by atoms with Crippen LogP contribution in [0.1, 0.15) is 44.5 Å². The molecule has 530 valence electrons. The monoisotopic (exact) mass is 1450 g/mol. The van der Waals surface area contributed by atoms with Crippen LogP contribution in [-0.2, 0) is 10.8 Å². The minimum Gasteiger partial charge on any atom is -0.457 e. The molecule has 6 nitrogen and oxygen atoms in total. The minimum absolute atomic E-state index is 0.530. The Morgan fingerprint density at radius 1 is 0.167 bits per heavy atom. The molecule has 0 saturated carbocycles. The van der Waals surface area contributed by atoms with E-state index < -0.39 is 10.8 Å². The third-order valence-corrected chi connectivity index (χ3v) is 24.1. The van der Waals surface area contributed by atoms with E-state index in [2.05, 4.69) is 394 Å². The van der Waals surface area contributed by atoms with Gasteiger partial charge in [-0.1, -0.05) is 364 Å². The summed E-state index contributed by atoms with van der Waals surface area (Å²) in [5, 5.41) is 4.58. The van der Waals surface area contributed by atoms with E-state index in [1.54, 1.807) is 0 Å². The predicted molar refractivity (Wildman–Crippen MR) is 462 cm³/mol. The molecule has 0 N–H and O–H groups in total. The second-order valence-corrected chi connectivity index (χ2v) is 30.1. The lowest BCUT2D eigenvalue weighted by Gasteiger charge is -2.39. The van der Waals surface area contributed by atoms with Gasteiger partial charge in [-0.3, -0.25) is 0 Å². The predicted octanol–water partition coefficient (Wildman–Crippen LogP) is 27.2. The molecule has 2 aliphatic heterocycles. The van der Waals surface area contributed by atoms with Crippen molar-refractivity contribution in [1.29, 1.82) is 0 Å². The highest BCUT2D eigenvalue weighted by Gasteiger charge is 2.53. The summed E-state index contributed by atoms with van der Waals surface area (Å²) in [5.41, 5.74) is 31.2. The smallest absolute Gasteiger partial charge is 0.160 e. The van der Waals surface area contributed by atoms with Crippen LogP contribution >= 0.6 is 0 Å². The molecule has 0 unspecified atom stereocenters. The summed E-state index contributed by atoms with van der Waals surface area (Å²) in [4.78, 5) is 21.5. The molecule has 0 amide bonds. The van der Waals surface area contributed by atoms with Crippen molar-refractivity contribution < 1.29 is 9.47 Å². The van der Waals surface area contributed by atoms with Gasteiger partial charge in [0.25, 0.3) is 0 Å². The molecule has 4 heterocycles. The Kier molecular flexibility index (Phi) is 14.7. The van der Waals surface area contributed by atoms with E-state index >= 15 is 0 Å². The van der Waals surface area contributed by atoms with Gasteiger partial charge in [-0.2, -0.15) is 0 Å². The Morgan fingerprint density at radius 3 is 0.956 bits per heavy atom. The van der Waals surface area contributed by atoms with Gasteiger partial charge in [0, 0.05) is 55.6 Å². The van der Waals surface area contributed by atoms with Gasteiger partial charge in [-0.15, -0.1) is 0 Å². The SMILES string of the molecule is c1ccc(-c2cc(-c3ccc(-c4ccccc4)c4ccccc34)nc(-c3ccc(-c4ccc5c(c4)Oc4cc(-c6ccc(-c7cc(-c8cccc9ccccc89)nc(-c8ccc(-c9ccc%10c(c9)Oc9ccccc9C%109c%10ccccc%10-c%10ccccc%109)cc8)n7)cc6)ccc4C54c5ccccc5-c5ccccc54)cc3)n2)cc1. The first-order chi connectivity index (χ1) is 56.5. The van der Waals surface area contributed by atoms with E-state index in [9.17, 15) is 0 Å². The third-order valence-electron chi connectivity index (χ3n) is 24.1. The molecule has 6 heteroatoms. The van der Waals surface area contributed by atoms with Crippen LogP contribution in [0.4, 0.5) is 0 Å². The Bertz CT molecular complexity index is 7060. The van der Waals surface area contributed by atoms with E-state index in [4.69, 9.17) is 29.4 Å². The molecule has 0 fully saturated rings. The van der Waals surface area contributed by atoms with Gasteiger partial charge in [0.1, 0.15) is 23.0 Å². The largest absolute Gasteiger partial charge is 0.457 e. The molecular formula is C108H66N4O2. The molecule has 114 heavy (non-hydrogen) atoms. The maximum absolute atomic E-state index is 7.38. The van der Waals surface area contributed by atoms with Crippen molar-refractivity contribution in [2.24, 2.45) is 0 Å². The lowest BCUT2D eigenvalue weighted by molar-refractivity contribution is 0.436. The molecule has 0 saturated heterocycles. The number of hydrogen-bond acceptors (Lipinski definition) is 6. The zero-order chi connectivity index (χ0) is 75.0. The summed E-state index contributed by atoms with van der Waals surface area (Å²) in [6.45, 7) is 0. The molecule has 2 aliphatic carbocycles. The number of hydrogen-bond donors (Lipinski definition) is 0. The summed E-state index contributed by atoms with van der Waals surface area (Å²) < 4.78 is 14.3. The lowest BCUT2D eigenvalue weighted by atomic mass is 9.65. The second-order valence-electron chi connectivity index (χ2n) is 30.1. The topological polar surface area (TPSA) is 70.0 Å². The van der Waals surface area contributed by atoms with E-state index in [0.717, 1.165) is 151 Å². The van der Waals surface area contributed by atoms with Gasteiger partial charge in [0.2, 0.25) is 0 Å². The fourth-order valence-electron chi connectivity index (χ4n) is 18.9. The van der Waals surface area contributed by atoms with E-state index in [1.807, 2.05) is 6.07 Å². The quantitative estimate of drug-likeness (QED) is 0.136. The maximum atomic E-state index is 7.38. The van der Waals surface area contributed by atoms with Crippen LogP contribution in [0, 0.1) is 0 Å². The highest BCUT2D eigenvalue weighted by atomic mass is 16.5. The van der Waals surface area contributed by atoms with Crippen LogP contribution < -0.4 is 9.47 Å². The first kappa shape index (κ1) is 65.0. The number of fused-ring (bicyclic) bond motifs is 20. The van der Waals surface area contributed by atoms with Crippen LogP contribution in [-0.4, -0.2) is 19.9 Å². The standard InChI is InChI=1S/C108H66N4O2/c1-3-22-70(23-4-1)80-57-58-88(82-30-10-9-29-81(80)82)100-65-97(72-25-5-2-6-26-72)109-105(112-100)74-50-46-69(47-51-74)78-56-61-96-104(64-78)114-103-63-77(55-60-95(103)108(96)91-38-17-13-33-85(91)86-34-14-18-39-92(86)108)67-42-48-73(49-43-67)98-66-99(87-35-21-27-71-24-7-8-28-79(71)87)111-106(110-98)75-52-44-68(45-53-75)76-54-59-94-102(62-76)113-101-41-20-19-40-93(101)107(94)89-36-15-11-31-83(89)84-32-12-16-37-90(84)107/h1-66H. The second kappa shape index (κ2) is 25.8. The average molecular weight is 1450 g/mol. The summed E-state index contributed by atoms with van der Waals surface area (Å²) >= 11 is 0. The van der Waals surface area contributed by atoms with Crippen LogP contribution in [0.15, 0.2) is 400 Å². The number of nitrogens with zero attached hydrogens (tertiary/aromatic N) is 4. The highest BCUT2D eigenvalue weighted by Crippen LogP contribution is 2.65. The van der Waals surface area contributed by atoms with Crippen LogP contribution in [0.25, 0.3) is 156 Å². The van der Waals surface area contributed by atoms with Gasteiger partial charge in [0.15, 0.2) is 11.6 Å². The Morgan fingerprint density at radius 2 is 0.474 bits per heavy atom. The molecule has 2 spiro atoms. The molecule has 2 aromatic heterocycles. The Labute approximate surface area is 660 Å². The third kappa shape index (κ3) is 10.1. The lowest BCUT2D eigenvalue weighted by Crippen LogP contribution is -2.32. The highest BCUT2D eigenvalue weighted by molar-refractivity contribution is 6.05. The number of para-hydroxylation sites is 1. The molecule has 17 aromatic carbocycles. The van der Waals surface area contributed by atoms with Crippen LogP contribution in [0.2, 0.25) is 0 Å². The van der Waals surface area contributed by atoms with Gasteiger partial charge in [0.05, 0.1) is 33.6 Å². The van der Waals surface area contributed by atoms with E-state index in [0.29, 0.717) is 11.6 Å². The van der Waals surface area contributed by atoms with Crippen molar-refractivity contribution in [3.8, 4) is 158 Å². The van der Waals surface area contributed by atoms with Crippen molar-refractivity contribution in [3.05, 3.63) is 445 Å². The zero-order valence-corrected chi connectivity index (χ0v) is 61.7. The molecule has 0 bridgehead atoms. The van der Waals surface area contributed by atoms with Crippen LogP contribution in [0.5, 0.6) is 23.0 Å². The molecule has 19 aromatic rings. The number of rotatable bonds is 10. The molecular weight excluding hydrogens is 1390 g/mol. The number of ether oxygens (including phenoxy) is 2. The first-order valence-corrected chi connectivity index (χ1v) is 39.0. The van der Waals surface area contributed by atoms with Crippen molar-refractivity contribution in [2.45, 2.75) is 10.8 Å². The molecule has 0 radical (unpaired) electrons. The van der Waals surface area contributed by atoms with E-state index in [1.165, 1.54) is 61.0 Å². The van der Waals surface area contributed by atoms with Crippen molar-refractivity contribution >= 4 is 21.5 Å². The fourth-order valence-corrected chi connectivity index (χ4v) is 18.9. The summed E-state index contributed by atoms with van der Waals surface area (Å²) in [6, 6.07) is 144. The van der Waals surface area contributed by atoms with Gasteiger partial charge < -0.3 is 9.47 Å². The molecule has 0 atom stereocenters. The Balaban J connectivity index is 0.587. The van der Waals surface area contributed by atoms with Crippen LogP contribution in [0.3, 0.4) is 0 Å². The summed E-state index contributed by atoms with van der Waals surface area (Å²) in [6.07, 6.45) is 0. The average Bonchev–Trinajstić information content (AvgIpc) is 1.54. The minimum atomic E-state index is -0.663. The van der Waals surface area contributed by atoms with Crippen molar-refractivity contribution in [1.82, 2.24) is 19.9 Å². The van der Waals surface area contributed by atoms with Crippen molar-refractivity contribution in [2.75, 3.05) is 0 Å². The number of benzene rings is 17. The van der Waals surface area contributed by atoms with Gasteiger partial charge >= 0.3 is 0 Å². The first-order valence-electron chi connectivity index (χ1n) is 39.0. The zero-order valence-electron chi connectivity index (χ0n) is 61.7. The van der Waals surface area contributed by atoms with E-state index in [-0.39, 0.29) is 0 Å².